The maximum atomic E-state index is 11.7. The molecule has 9 heteroatoms. The standard InChI is InChI=1S/C11H14N2O7/c14-4-5-1-2-7(20-5)13-3-6(8(15)10(17)18)9(16)12-11(13)19/h3,5,7-8,14-15H,1-2,4H2,(H,17,18)(H,12,16,19)/t5-,7?,8?/m0/s1. The van der Waals surface area contributed by atoms with Gasteiger partial charge in [-0.05, 0) is 12.8 Å². The van der Waals surface area contributed by atoms with Gasteiger partial charge in [0.25, 0.3) is 5.56 Å². The van der Waals surface area contributed by atoms with Crippen molar-refractivity contribution in [2.24, 2.45) is 0 Å². The van der Waals surface area contributed by atoms with Gasteiger partial charge in [0.2, 0.25) is 0 Å². The van der Waals surface area contributed by atoms with Crippen molar-refractivity contribution in [3.8, 4) is 0 Å². The molecule has 1 aromatic rings. The zero-order chi connectivity index (χ0) is 14.9. The summed E-state index contributed by atoms with van der Waals surface area (Å²) in [7, 11) is 0. The molecule has 0 bridgehead atoms. The number of carbonyl (C=O) groups is 1. The van der Waals surface area contributed by atoms with E-state index in [4.69, 9.17) is 14.9 Å². The molecule has 1 aliphatic rings. The van der Waals surface area contributed by atoms with Gasteiger partial charge in [-0.3, -0.25) is 14.3 Å². The van der Waals surface area contributed by atoms with Crippen molar-refractivity contribution in [2.75, 3.05) is 6.61 Å². The van der Waals surface area contributed by atoms with Gasteiger partial charge in [-0.25, -0.2) is 9.59 Å². The number of carboxylic acids is 1. The first-order chi connectivity index (χ1) is 9.43. The van der Waals surface area contributed by atoms with Crippen molar-refractivity contribution in [1.82, 2.24) is 9.55 Å². The van der Waals surface area contributed by atoms with Crippen molar-refractivity contribution in [1.29, 1.82) is 0 Å². The zero-order valence-corrected chi connectivity index (χ0v) is 10.4. The van der Waals surface area contributed by atoms with Crippen LogP contribution in [-0.2, 0) is 9.53 Å². The predicted molar refractivity (Wildman–Crippen MR) is 64.1 cm³/mol. The van der Waals surface area contributed by atoms with E-state index in [1.165, 1.54) is 0 Å². The van der Waals surface area contributed by atoms with Gasteiger partial charge in [-0.1, -0.05) is 0 Å². The molecule has 2 unspecified atom stereocenters. The molecule has 0 radical (unpaired) electrons. The molecule has 1 aliphatic heterocycles. The molecule has 9 nitrogen and oxygen atoms in total. The van der Waals surface area contributed by atoms with Crippen molar-refractivity contribution < 1.29 is 24.9 Å². The number of nitrogens with one attached hydrogen (secondary N) is 1. The normalized spacial score (nSPS) is 23.7. The Morgan fingerprint density at radius 1 is 1.50 bits per heavy atom. The minimum atomic E-state index is -2.03. The molecule has 0 saturated carbocycles. The third kappa shape index (κ3) is 2.64. The van der Waals surface area contributed by atoms with Crippen molar-refractivity contribution >= 4 is 5.97 Å². The van der Waals surface area contributed by atoms with Crippen molar-refractivity contribution in [3.63, 3.8) is 0 Å². The molecule has 0 amide bonds. The van der Waals surface area contributed by atoms with Gasteiger partial charge in [0.05, 0.1) is 18.3 Å². The van der Waals surface area contributed by atoms with Gasteiger partial charge in [0.1, 0.15) is 6.23 Å². The molecule has 1 saturated heterocycles. The molecule has 0 spiro atoms. The topological polar surface area (TPSA) is 142 Å². The minimum Gasteiger partial charge on any atom is -0.479 e. The number of aromatic nitrogens is 2. The second-order valence-corrected chi connectivity index (χ2v) is 4.46. The maximum absolute atomic E-state index is 11.7. The van der Waals surface area contributed by atoms with Crippen LogP contribution in [0.25, 0.3) is 0 Å². The number of aromatic amines is 1. The summed E-state index contributed by atoms with van der Waals surface area (Å²) in [6, 6.07) is 0. The molecule has 20 heavy (non-hydrogen) atoms. The van der Waals surface area contributed by atoms with Crippen LogP contribution >= 0.6 is 0 Å². The van der Waals surface area contributed by atoms with Crippen molar-refractivity contribution in [3.05, 3.63) is 32.6 Å². The summed E-state index contributed by atoms with van der Waals surface area (Å²) in [5, 5.41) is 27.1. The van der Waals surface area contributed by atoms with Gasteiger partial charge >= 0.3 is 11.7 Å². The third-order valence-corrected chi connectivity index (χ3v) is 3.12. The summed E-state index contributed by atoms with van der Waals surface area (Å²) in [5.74, 6) is -1.60. The van der Waals surface area contributed by atoms with Crippen LogP contribution in [-0.4, -0.2) is 43.6 Å². The Morgan fingerprint density at radius 3 is 2.75 bits per heavy atom. The van der Waals surface area contributed by atoms with E-state index in [1.54, 1.807) is 0 Å². The Kier molecular flexibility index (Phi) is 4.02. The Balaban J connectivity index is 2.40. The van der Waals surface area contributed by atoms with Gasteiger partial charge < -0.3 is 20.1 Å². The largest absolute Gasteiger partial charge is 0.479 e. The number of aliphatic hydroxyl groups excluding tert-OH is 2. The monoisotopic (exact) mass is 286 g/mol. The number of carboxylic acid groups (broad SMARTS) is 1. The van der Waals surface area contributed by atoms with Crippen LogP contribution < -0.4 is 11.2 Å². The fourth-order valence-corrected chi connectivity index (χ4v) is 2.07. The second-order valence-electron chi connectivity index (χ2n) is 4.46. The number of nitrogens with zero attached hydrogens (tertiary/aromatic N) is 1. The lowest BCUT2D eigenvalue weighted by Gasteiger charge is -2.16. The zero-order valence-electron chi connectivity index (χ0n) is 10.4. The lowest BCUT2D eigenvalue weighted by Crippen LogP contribution is -2.36. The van der Waals surface area contributed by atoms with E-state index in [0.717, 1.165) is 10.8 Å². The van der Waals surface area contributed by atoms with E-state index in [1.807, 2.05) is 4.98 Å². The van der Waals surface area contributed by atoms with Gasteiger partial charge in [0, 0.05) is 6.20 Å². The van der Waals surface area contributed by atoms with Gasteiger partial charge in [-0.15, -0.1) is 0 Å². The van der Waals surface area contributed by atoms with Crippen LogP contribution in [0.3, 0.4) is 0 Å². The number of H-pyrrole nitrogens is 1. The molecule has 1 fully saturated rings. The number of aliphatic hydroxyl groups is 2. The Morgan fingerprint density at radius 2 is 2.20 bits per heavy atom. The molecular formula is C11H14N2O7. The average molecular weight is 286 g/mol. The fourth-order valence-electron chi connectivity index (χ4n) is 2.07. The van der Waals surface area contributed by atoms with Gasteiger partial charge in [-0.2, -0.15) is 0 Å². The Hall–Kier alpha value is -1.97. The highest BCUT2D eigenvalue weighted by Gasteiger charge is 2.28. The molecule has 0 aliphatic carbocycles. The number of hydrogen-bond acceptors (Lipinski definition) is 6. The smallest absolute Gasteiger partial charge is 0.337 e. The molecule has 110 valence electrons. The minimum absolute atomic E-state index is 0.195. The van der Waals surface area contributed by atoms with Crippen molar-refractivity contribution in [2.45, 2.75) is 31.3 Å². The summed E-state index contributed by atoms with van der Waals surface area (Å²) in [4.78, 5) is 35.9. The first-order valence-electron chi connectivity index (χ1n) is 5.96. The summed E-state index contributed by atoms with van der Waals surface area (Å²) in [6.07, 6.45) is -1.21. The van der Waals surface area contributed by atoms with E-state index >= 15 is 0 Å². The number of aliphatic carboxylic acids is 1. The first-order valence-corrected chi connectivity index (χ1v) is 5.96. The van der Waals surface area contributed by atoms with E-state index in [9.17, 15) is 19.5 Å². The quantitative estimate of drug-likeness (QED) is 0.518. The van der Waals surface area contributed by atoms with Crippen LogP contribution in [0.1, 0.15) is 30.7 Å². The lowest BCUT2D eigenvalue weighted by molar-refractivity contribution is -0.147. The van der Waals surface area contributed by atoms with Crippen LogP contribution in [0.2, 0.25) is 0 Å². The van der Waals surface area contributed by atoms with Gasteiger partial charge in [0.15, 0.2) is 6.10 Å². The molecule has 0 aromatic carbocycles. The summed E-state index contributed by atoms with van der Waals surface area (Å²) in [6.45, 7) is -0.195. The first kappa shape index (κ1) is 14.4. The molecular weight excluding hydrogens is 272 g/mol. The molecule has 3 atom stereocenters. The fraction of sp³-hybridized carbons (Fsp3) is 0.545. The average Bonchev–Trinajstić information content (AvgIpc) is 2.86. The van der Waals surface area contributed by atoms with Crippen LogP contribution in [0, 0.1) is 0 Å². The summed E-state index contributed by atoms with van der Waals surface area (Å²) in [5.41, 5.74) is -2.18. The van der Waals surface area contributed by atoms with Crippen LogP contribution in [0.15, 0.2) is 15.8 Å². The number of ether oxygens (including phenoxy) is 1. The van der Waals surface area contributed by atoms with Crippen LogP contribution in [0.4, 0.5) is 0 Å². The van der Waals surface area contributed by atoms with E-state index in [0.29, 0.717) is 12.8 Å². The second kappa shape index (κ2) is 5.57. The Bertz CT molecular complexity index is 620. The highest BCUT2D eigenvalue weighted by molar-refractivity contribution is 5.73. The summed E-state index contributed by atoms with van der Waals surface area (Å²) < 4.78 is 6.39. The molecule has 1 aromatic heterocycles. The predicted octanol–water partition coefficient (Wildman–Crippen LogP) is -1.68. The molecule has 2 heterocycles. The molecule has 4 N–H and O–H groups in total. The lowest BCUT2D eigenvalue weighted by atomic mass is 10.2. The van der Waals surface area contributed by atoms with Crippen LogP contribution in [0.5, 0.6) is 0 Å². The molecule has 2 rings (SSSR count). The maximum Gasteiger partial charge on any atom is 0.337 e. The third-order valence-electron chi connectivity index (χ3n) is 3.12. The SMILES string of the molecule is O=C(O)C(O)c1cn(C2CC[C@@H](CO)O2)c(=O)[nH]c1=O. The van der Waals surface area contributed by atoms with E-state index < -0.39 is 41.2 Å². The summed E-state index contributed by atoms with van der Waals surface area (Å²) >= 11 is 0. The Labute approximate surface area is 112 Å². The van der Waals surface area contributed by atoms with E-state index in [-0.39, 0.29) is 6.61 Å². The number of rotatable bonds is 4. The number of hydrogen-bond donors (Lipinski definition) is 4. The van der Waals surface area contributed by atoms with E-state index in [2.05, 4.69) is 0 Å². The highest BCUT2D eigenvalue weighted by Crippen LogP contribution is 2.26. The highest BCUT2D eigenvalue weighted by atomic mass is 16.5.